The third-order valence-electron chi connectivity index (χ3n) is 3.33. The fraction of sp³-hybridized carbons (Fsp3) is 0.111. The van der Waals surface area contributed by atoms with E-state index in [0.29, 0.717) is 17.4 Å². The predicted octanol–water partition coefficient (Wildman–Crippen LogP) is 4.91. The normalized spacial score (nSPS) is 11.6. The van der Waals surface area contributed by atoms with Gasteiger partial charge in [-0.05, 0) is 42.0 Å². The Balaban J connectivity index is 2.27. The number of alkyl halides is 3. The van der Waals surface area contributed by atoms with E-state index in [1.807, 2.05) is 0 Å². The van der Waals surface area contributed by atoms with Crippen LogP contribution < -0.4 is 10.1 Å². The molecule has 0 aliphatic rings. The Labute approximate surface area is 152 Å². The molecule has 4 nitrogen and oxygen atoms in total. The van der Waals surface area contributed by atoms with E-state index < -0.39 is 17.6 Å². The van der Waals surface area contributed by atoms with Crippen LogP contribution in [-0.2, 0) is 11.0 Å². The second kappa shape index (κ2) is 7.93. The van der Waals surface area contributed by atoms with E-state index in [0.717, 1.165) is 12.1 Å². The first kappa shape index (κ1) is 19.3. The Kier molecular flexibility index (Phi) is 5.90. The summed E-state index contributed by atoms with van der Waals surface area (Å²) in [4.78, 5) is 12.2. The van der Waals surface area contributed by atoms with Crippen molar-refractivity contribution in [2.24, 2.45) is 0 Å². The van der Waals surface area contributed by atoms with Gasteiger partial charge in [0.2, 0.25) is 0 Å². The van der Waals surface area contributed by atoms with Gasteiger partial charge in [-0.3, -0.25) is 4.79 Å². The Hall–Kier alpha value is -2.98. The molecular weight excluding hydrogens is 369 g/mol. The monoisotopic (exact) mass is 380 g/mol. The number of nitriles is 1. The highest BCUT2D eigenvalue weighted by atomic mass is 35.5. The molecule has 1 amide bonds. The highest BCUT2D eigenvalue weighted by Gasteiger charge is 2.31. The van der Waals surface area contributed by atoms with Crippen LogP contribution in [-0.4, -0.2) is 13.0 Å². The number of carbonyl (C=O) groups is 1. The minimum atomic E-state index is -4.58. The van der Waals surface area contributed by atoms with Gasteiger partial charge in [-0.15, -0.1) is 0 Å². The van der Waals surface area contributed by atoms with Gasteiger partial charge in [-0.2, -0.15) is 18.4 Å². The molecule has 0 atom stereocenters. The smallest absolute Gasteiger partial charge is 0.416 e. The summed E-state index contributed by atoms with van der Waals surface area (Å²) in [5.41, 5.74) is -0.937. The highest BCUT2D eigenvalue weighted by Crippen LogP contribution is 2.34. The topological polar surface area (TPSA) is 62.1 Å². The molecule has 0 bridgehead atoms. The molecule has 2 aromatic carbocycles. The Morgan fingerprint density at radius 2 is 1.88 bits per heavy atom. The zero-order valence-corrected chi connectivity index (χ0v) is 14.2. The van der Waals surface area contributed by atoms with Crippen molar-refractivity contribution in [2.75, 3.05) is 12.4 Å². The second-order valence-corrected chi connectivity index (χ2v) is 5.50. The van der Waals surface area contributed by atoms with Crippen LogP contribution in [0.1, 0.15) is 11.1 Å². The van der Waals surface area contributed by atoms with Crippen LogP contribution in [0.4, 0.5) is 18.9 Å². The molecule has 26 heavy (non-hydrogen) atoms. The molecule has 0 radical (unpaired) electrons. The minimum absolute atomic E-state index is 0.0758. The van der Waals surface area contributed by atoms with Crippen LogP contribution in [0, 0.1) is 11.3 Å². The molecule has 0 aliphatic carbocycles. The van der Waals surface area contributed by atoms with E-state index >= 15 is 0 Å². The maximum Gasteiger partial charge on any atom is 0.416 e. The minimum Gasteiger partial charge on any atom is -0.497 e. The summed E-state index contributed by atoms with van der Waals surface area (Å²) in [6, 6.07) is 10.8. The summed E-state index contributed by atoms with van der Waals surface area (Å²) in [5, 5.41) is 11.3. The molecule has 2 rings (SSSR count). The first-order valence-electron chi connectivity index (χ1n) is 7.18. The largest absolute Gasteiger partial charge is 0.497 e. The standard InChI is InChI=1S/C18H12ClF3N2O2/c1-26-14-5-2-11(3-6-14)8-12(10-23)17(25)24-16-9-13(18(20,21)22)4-7-15(16)19/h2-9H,1H3,(H,24,25)/b12-8+. The summed E-state index contributed by atoms with van der Waals surface area (Å²) in [5.74, 6) is -0.273. The Morgan fingerprint density at radius 1 is 1.23 bits per heavy atom. The van der Waals surface area contributed by atoms with Crippen LogP contribution in [0.25, 0.3) is 6.08 Å². The van der Waals surface area contributed by atoms with Gasteiger partial charge in [0.05, 0.1) is 23.4 Å². The molecule has 0 heterocycles. The van der Waals surface area contributed by atoms with E-state index in [4.69, 9.17) is 16.3 Å². The van der Waals surface area contributed by atoms with Crippen LogP contribution in [0.2, 0.25) is 5.02 Å². The van der Waals surface area contributed by atoms with E-state index in [9.17, 15) is 23.2 Å². The van der Waals surface area contributed by atoms with Crippen LogP contribution in [0.3, 0.4) is 0 Å². The second-order valence-electron chi connectivity index (χ2n) is 5.09. The molecule has 2 aromatic rings. The zero-order valence-electron chi connectivity index (χ0n) is 13.4. The molecule has 8 heteroatoms. The number of benzene rings is 2. The number of ether oxygens (including phenoxy) is 1. The quantitative estimate of drug-likeness (QED) is 0.605. The number of nitrogens with one attached hydrogen (secondary N) is 1. The van der Waals surface area contributed by atoms with Gasteiger partial charge in [-0.1, -0.05) is 23.7 Å². The van der Waals surface area contributed by atoms with Crippen molar-refractivity contribution in [3.63, 3.8) is 0 Å². The number of methoxy groups -OCH3 is 1. The molecule has 0 saturated heterocycles. The number of amides is 1. The summed E-state index contributed by atoms with van der Waals surface area (Å²) in [6.45, 7) is 0. The van der Waals surface area contributed by atoms with Crippen molar-refractivity contribution in [1.82, 2.24) is 0 Å². The van der Waals surface area contributed by atoms with Gasteiger partial charge in [0.25, 0.3) is 5.91 Å². The molecule has 0 saturated carbocycles. The maximum atomic E-state index is 12.8. The van der Waals surface area contributed by atoms with E-state index in [1.165, 1.54) is 13.2 Å². The maximum absolute atomic E-state index is 12.8. The first-order valence-corrected chi connectivity index (χ1v) is 7.56. The first-order chi connectivity index (χ1) is 12.2. The Morgan fingerprint density at radius 3 is 2.42 bits per heavy atom. The number of halogens is 4. The molecule has 1 N–H and O–H groups in total. The molecule has 134 valence electrons. The number of anilines is 1. The molecule has 0 fully saturated rings. The van der Waals surface area contributed by atoms with E-state index in [1.54, 1.807) is 30.3 Å². The SMILES string of the molecule is COc1ccc(/C=C(\C#N)C(=O)Nc2cc(C(F)(F)F)ccc2Cl)cc1. The van der Waals surface area contributed by atoms with Gasteiger partial charge in [-0.25, -0.2) is 0 Å². The van der Waals surface area contributed by atoms with Gasteiger partial charge in [0, 0.05) is 0 Å². The van der Waals surface area contributed by atoms with Crippen LogP contribution in [0.5, 0.6) is 5.75 Å². The average molecular weight is 381 g/mol. The third-order valence-corrected chi connectivity index (χ3v) is 3.66. The van der Waals surface area contributed by atoms with Gasteiger partial charge in [0.15, 0.2) is 0 Å². The summed E-state index contributed by atoms with van der Waals surface area (Å²) in [7, 11) is 1.50. The van der Waals surface area contributed by atoms with Crippen molar-refractivity contribution in [3.8, 4) is 11.8 Å². The van der Waals surface area contributed by atoms with E-state index in [2.05, 4.69) is 5.32 Å². The highest BCUT2D eigenvalue weighted by molar-refractivity contribution is 6.34. The summed E-state index contributed by atoms with van der Waals surface area (Å²) >= 11 is 5.83. The van der Waals surface area contributed by atoms with Gasteiger partial charge >= 0.3 is 6.18 Å². The zero-order chi connectivity index (χ0) is 19.3. The van der Waals surface area contributed by atoms with Crippen LogP contribution in [0.15, 0.2) is 48.0 Å². The van der Waals surface area contributed by atoms with Gasteiger partial charge < -0.3 is 10.1 Å². The number of carbonyl (C=O) groups excluding carboxylic acids is 1. The lowest BCUT2D eigenvalue weighted by atomic mass is 10.1. The molecule has 0 aliphatic heterocycles. The fourth-order valence-electron chi connectivity index (χ4n) is 2.00. The number of hydrogen-bond donors (Lipinski definition) is 1. The van der Waals surface area contributed by atoms with Crippen molar-refractivity contribution in [1.29, 1.82) is 5.26 Å². The third kappa shape index (κ3) is 4.77. The van der Waals surface area contributed by atoms with Crippen molar-refractivity contribution in [2.45, 2.75) is 6.18 Å². The molecule has 0 aromatic heterocycles. The van der Waals surface area contributed by atoms with Gasteiger partial charge in [0.1, 0.15) is 17.4 Å². The molecule has 0 unspecified atom stereocenters. The van der Waals surface area contributed by atoms with Crippen molar-refractivity contribution in [3.05, 3.63) is 64.2 Å². The number of rotatable bonds is 4. The fourth-order valence-corrected chi connectivity index (χ4v) is 2.17. The average Bonchev–Trinajstić information content (AvgIpc) is 2.61. The van der Waals surface area contributed by atoms with E-state index in [-0.39, 0.29) is 16.3 Å². The van der Waals surface area contributed by atoms with Crippen molar-refractivity contribution >= 4 is 29.3 Å². The number of nitrogens with zero attached hydrogens (tertiary/aromatic N) is 1. The van der Waals surface area contributed by atoms with Crippen LogP contribution >= 0.6 is 11.6 Å². The Bertz CT molecular complexity index is 885. The summed E-state index contributed by atoms with van der Waals surface area (Å²) < 4.78 is 43.4. The lowest BCUT2D eigenvalue weighted by Gasteiger charge is -2.11. The summed E-state index contributed by atoms with van der Waals surface area (Å²) in [6.07, 6.45) is -3.28. The van der Waals surface area contributed by atoms with Crippen molar-refractivity contribution < 1.29 is 22.7 Å². The predicted molar refractivity (Wildman–Crippen MR) is 91.7 cm³/mol. The number of hydrogen-bond acceptors (Lipinski definition) is 3. The lowest BCUT2D eigenvalue weighted by molar-refractivity contribution is -0.137. The lowest BCUT2D eigenvalue weighted by Crippen LogP contribution is -2.15. The molecule has 0 spiro atoms. The molecular formula is C18H12ClF3N2O2.